The van der Waals surface area contributed by atoms with Crippen LogP contribution in [0.25, 0.3) is 11.1 Å². The van der Waals surface area contributed by atoms with Gasteiger partial charge in [0.15, 0.2) is 0 Å². The Morgan fingerprint density at radius 3 is 2.42 bits per heavy atom. The van der Waals surface area contributed by atoms with Crippen molar-refractivity contribution in [3.05, 3.63) is 59.5 Å². The first kappa shape index (κ1) is 40.9. The molecule has 6 amide bonds. The summed E-state index contributed by atoms with van der Waals surface area (Å²) in [6, 6.07) is 7.45. The number of ether oxygens (including phenoxy) is 2. The molecule has 3 aromatic rings. The number of amides is 6. The van der Waals surface area contributed by atoms with E-state index in [2.05, 4.69) is 30.3 Å². The lowest BCUT2D eigenvalue weighted by Crippen LogP contribution is -2.54. The highest BCUT2D eigenvalue weighted by Crippen LogP contribution is 2.35. The summed E-state index contributed by atoms with van der Waals surface area (Å²) in [5.41, 5.74) is 4.71. The molecular weight excluding hydrogens is 788 g/mol. The fourth-order valence-electron chi connectivity index (χ4n) is 8.49. The number of pyridine rings is 2. The number of hydrogen-bond acceptors (Lipinski definition) is 12. The van der Waals surface area contributed by atoms with Gasteiger partial charge in [-0.05, 0) is 56.0 Å². The van der Waals surface area contributed by atoms with Crippen LogP contribution in [0.5, 0.6) is 5.88 Å². The van der Waals surface area contributed by atoms with Gasteiger partial charge >= 0.3 is 12.2 Å². The van der Waals surface area contributed by atoms with E-state index in [1.165, 1.54) is 11.1 Å². The number of urea groups is 1. The number of aryl methyl sites for hydroxylation is 1. The van der Waals surface area contributed by atoms with Crippen LogP contribution in [-0.2, 0) is 14.3 Å². The molecular formula is C41H46F3N9O7. The quantitative estimate of drug-likeness (QED) is 0.285. The van der Waals surface area contributed by atoms with E-state index in [9.17, 15) is 37.1 Å². The Kier molecular flexibility index (Phi) is 11.6. The van der Waals surface area contributed by atoms with Crippen LogP contribution in [-0.4, -0.2) is 145 Å². The van der Waals surface area contributed by atoms with Crippen molar-refractivity contribution in [1.82, 2.24) is 30.0 Å². The van der Waals surface area contributed by atoms with E-state index in [1.807, 2.05) is 19.1 Å². The average Bonchev–Trinajstić information content (AvgIpc) is 3.79. The predicted molar refractivity (Wildman–Crippen MR) is 212 cm³/mol. The number of alkyl halides is 3. The summed E-state index contributed by atoms with van der Waals surface area (Å²) >= 11 is 0. The van der Waals surface area contributed by atoms with Gasteiger partial charge in [-0.1, -0.05) is 0 Å². The number of nitrogens with one attached hydrogen (secondary N) is 2. The number of benzene rings is 1. The van der Waals surface area contributed by atoms with Crippen LogP contribution in [0.1, 0.15) is 52.1 Å². The number of anilines is 3. The number of piperidine rings is 1. The summed E-state index contributed by atoms with van der Waals surface area (Å²) in [6.45, 7) is 8.32. The number of piperazine rings is 1. The topological polar surface area (TPSA) is 170 Å². The van der Waals surface area contributed by atoms with Gasteiger partial charge < -0.3 is 29.5 Å². The number of halogens is 3. The summed E-state index contributed by atoms with van der Waals surface area (Å²) < 4.78 is 50.7. The molecule has 1 aromatic carbocycles. The molecule has 0 spiro atoms. The molecule has 0 radical (unpaired) electrons. The first-order valence-electron chi connectivity index (χ1n) is 20.2. The first-order chi connectivity index (χ1) is 28.8. The zero-order valence-corrected chi connectivity index (χ0v) is 33.1. The number of hydrogen-bond donors (Lipinski definition) is 2. The fraction of sp³-hybridized carbons (Fsp3) is 0.488. The summed E-state index contributed by atoms with van der Waals surface area (Å²) in [5.74, 6) is -2.27. The van der Waals surface area contributed by atoms with E-state index in [4.69, 9.17) is 14.5 Å². The van der Waals surface area contributed by atoms with E-state index < -0.39 is 54.2 Å². The molecule has 318 valence electrons. The SMILES string of the molecule is Cc1ncc(NC(=O)N2CC[C@@H](CC(F)(F)F)C2)cc1-c1cnc(OCCN2CCN(c3ccc4c(c3)C(=O)N(C3CCC(=O)NC3=O)C4=O)CC2)c(N2CCOCC2)c1. The molecule has 4 fully saturated rings. The smallest absolute Gasteiger partial charge is 0.389 e. The maximum atomic E-state index is 13.4. The maximum Gasteiger partial charge on any atom is 0.389 e. The van der Waals surface area contributed by atoms with Gasteiger partial charge in [-0.15, -0.1) is 0 Å². The second-order valence-electron chi connectivity index (χ2n) is 15.7. The zero-order valence-electron chi connectivity index (χ0n) is 33.1. The second kappa shape index (κ2) is 17.0. The third-order valence-corrected chi connectivity index (χ3v) is 11.7. The van der Waals surface area contributed by atoms with Gasteiger partial charge in [0, 0.05) is 100 Å². The number of imide groups is 2. The molecule has 2 aromatic heterocycles. The predicted octanol–water partition coefficient (Wildman–Crippen LogP) is 3.70. The summed E-state index contributed by atoms with van der Waals surface area (Å²) in [5, 5.41) is 5.03. The highest BCUT2D eigenvalue weighted by Gasteiger charge is 2.45. The van der Waals surface area contributed by atoms with Crippen molar-refractivity contribution in [3.8, 4) is 17.0 Å². The number of carbonyl (C=O) groups is 5. The number of aromatic nitrogens is 2. The molecule has 5 aliphatic heterocycles. The standard InChI is InChI=1S/C41H46F3N9O7/c1-25-31(19-28(23-45-25)47-40(58)52-7-6-26(24-52)21-41(42,43)44)27-18-34(51-13-15-59-16-14-51)37(46-22-27)60-17-12-49-8-10-50(11-9-49)29-2-3-30-32(20-29)39(57)53(38(30)56)33-4-5-35(54)48-36(33)55/h2-3,18-20,22-23,26,33H,4-17,21,24H2,1H3,(H,47,58)(H,48,54,55)/t26-,33?/m0/s1. The number of carbonyl (C=O) groups excluding carboxylic acids is 5. The highest BCUT2D eigenvalue weighted by molar-refractivity contribution is 6.23. The number of rotatable bonds is 10. The molecule has 5 aliphatic rings. The largest absolute Gasteiger partial charge is 0.475 e. The molecule has 2 atom stereocenters. The van der Waals surface area contributed by atoms with E-state index in [0.29, 0.717) is 76.2 Å². The van der Waals surface area contributed by atoms with Gasteiger partial charge in [0.1, 0.15) is 18.3 Å². The maximum absolute atomic E-state index is 13.4. The van der Waals surface area contributed by atoms with Gasteiger partial charge in [-0.2, -0.15) is 13.2 Å². The Balaban J connectivity index is 0.880. The van der Waals surface area contributed by atoms with Crippen molar-refractivity contribution in [2.45, 2.75) is 44.8 Å². The highest BCUT2D eigenvalue weighted by atomic mass is 19.4. The fourth-order valence-corrected chi connectivity index (χ4v) is 8.49. The molecule has 7 heterocycles. The molecule has 0 aliphatic carbocycles. The minimum atomic E-state index is -4.27. The lowest BCUT2D eigenvalue weighted by molar-refractivity contribution is -0.143. The van der Waals surface area contributed by atoms with Gasteiger partial charge in [-0.25, -0.2) is 9.78 Å². The minimum absolute atomic E-state index is 0.0421. The lowest BCUT2D eigenvalue weighted by Gasteiger charge is -2.36. The van der Waals surface area contributed by atoms with Gasteiger partial charge in [0.05, 0.1) is 36.2 Å². The molecule has 19 heteroatoms. The van der Waals surface area contributed by atoms with Gasteiger partial charge in [0.25, 0.3) is 11.8 Å². The molecule has 60 heavy (non-hydrogen) atoms. The van der Waals surface area contributed by atoms with Crippen molar-refractivity contribution in [2.24, 2.45) is 5.92 Å². The average molecular weight is 834 g/mol. The molecule has 1 unspecified atom stereocenters. The van der Waals surface area contributed by atoms with E-state index in [1.54, 1.807) is 24.4 Å². The van der Waals surface area contributed by atoms with Crippen LogP contribution >= 0.6 is 0 Å². The lowest BCUT2D eigenvalue weighted by atomic mass is 10.0. The zero-order chi connectivity index (χ0) is 42.1. The van der Waals surface area contributed by atoms with Crippen molar-refractivity contribution < 1.29 is 46.6 Å². The third-order valence-electron chi connectivity index (χ3n) is 11.7. The van der Waals surface area contributed by atoms with Crippen LogP contribution in [0, 0.1) is 12.8 Å². The van der Waals surface area contributed by atoms with Gasteiger partial charge in [-0.3, -0.25) is 39.3 Å². The number of likely N-dealkylation sites (tertiary alicyclic amines) is 1. The summed E-state index contributed by atoms with van der Waals surface area (Å²) in [6.07, 6.45) is -1.49. The Morgan fingerprint density at radius 2 is 1.67 bits per heavy atom. The van der Waals surface area contributed by atoms with Crippen LogP contribution in [0.3, 0.4) is 0 Å². The van der Waals surface area contributed by atoms with Crippen LogP contribution in [0.15, 0.2) is 42.7 Å². The van der Waals surface area contributed by atoms with Crippen molar-refractivity contribution in [3.63, 3.8) is 0 Å². The van der Waals surface area contributed by atoms with E-state index in [-0.39, 0.29) is 37.1 Å². The van der Waals surface area contributed by atoms with E-state index in [0.717, 1.165) is 40.5 Å². The van der Waals surface area contributed by atoms with Crippen molar-refractivity contribution >= 4 is 46.7 Å². The van der Waals surface area contributed by atoms with Crippen molar-refractivity contribution in [2.75, 3.05) is 93.8 Å². The summed E-state index contributed by atoms with van der Waals surface area (Å²) in [7, 11) is 0. The number of fused-ring (bicyclic) bond motifs is 1. The molecule has 0 bridgehead atoms. The minimum Gasteiger partial charge on any atom is -0.475 e. The second-order valence-corrected chi connectivity index (χ2v) is 15.7. The normalized spacial score (nSPS) is 21.4. The van der Waals surface area contributed by atoms with Crippen LogP contribution in [0.4, 0.5) is 35.0 Å². The Labute approximate surface area is 344 Å². The Bertz CT molecular complexity index is 2180. The number of morpholine rings is 1. The molecule has 2 N–H and O–H groups in total. The molecule has 8 rings (SSSR count). The third kappa shape index (κ3) is 8.86. The van der Waals surface area contributed by atoms with E-state index >= 15 is 0 Å². The van der Waals surface area contributed by atoms with Crippen LogP contribution < -0.4 is 25.2 Å². The Morgan fingerprint density at radius 1 is 0.900 bits per heavy atom. The van der Waals surface area contributed by atoms with Crippen LogP contribution in [0.2, 0.25) is 0 Å². The molecule has 0 saturated carbocycles. The molecule has 4 saturated heterocycles. The monoisotopic (exact) mass is 833 g/mol. The number of nitrogens with zero attached hydrogens (tertiary/aromatic N) is 7. The molecule has 16 nitrogen and oxygen atoms in total. The van der Waals surface area contributed by atoms with Crippen molar-refractivity contribution in [1.29, 1.82) is 0 Å². The first-order valence-corrected chi connectivity index (χ1v) is 20.2. The Hall–Kier alpha value is -5.82. The summed E-state index contributed by atoms with van der Waals surface area (Å²) in [4.78, 5) is 81.8. The van der Waals surface area contributed by atoms with Gasteiger partial charge in [0.2, 0.25) is 17.7 Å².